The van der Waals surface area contributed by atoms with Crippen molar-refractivity contribution in [3.63, 3.8) is 0 Å². The van der Waals surface area contributed by atoms with Gasteiger partial charge in [0.1, 0.15) is 0 Å². The quantitative estimate of drug-likeness (QED) is 0.580. The van der Waals surface area contributed by atoms with Crippen molar-refractivity contribution in [1.29, 1.82) is 0 Å². The summed E-state index contributed by atoms with van der Waals surface area (Å²) in [5.41, 5.74) is 5.45. The minimum absolute atomic E-state index is 0. The monoisotopic (exact) mass is 229 g/mol. The Labute approximate surface area is 83.0 Å². The second kappa shape index (κ2) is 4.26. The highest BCUT2D eigenvalue weighted by Gasteiger charge is 2.40. The summed E-state index contributed by atoms with van der Waals surface area (Å²) in [5, 5.41) is 0. The summed E-state index contributed by atoms with van der Waals surface area (Å²) in [4.78, 5) is 10.9. The van der Waals surface area contributed by atoms with Crippen molar-refractivity contribution in [2.45, 2.75) is 6.04 Å². The Morgan fingerprint density at radius 1 is 1.46 bits per heavy atom. The molecule has 2 N–H and O–H groups in total. The smallest absolute Gasteiger partial charge is 0.311 e. The molecule has 1 rings (SSSR count). The number of rotatable bonds is 1. The van der Waals surface area contributed by atoms with Gasteiger partial charge in [0.25, 0.3) is 0 Å². The Morgan fingerprint density at radius 3 is 2.31 bits per heavy atom. The maximum atomic E-state index is 11.0. The number of hydrogen-bond acceptors (Lipinski definition) is 5. The molecule has 0 radical (unpaired) electrons. The number of carbonyl (C=O) groups is 1. The van der Waals surface area contributed by atoms with Gasteiger partial charge >= 0.3 is 5.97 Å². The van der Waals surface area contributed by atoms with Gasteiger partial charge in [0.2, 0.25) is 0 Å². The number of halogens is 1. The molecule has 2 atom stereocenters. The normalized spacial score (nSPS) is 30.6. The van der Waals surface area contributed by atoms with Crippen LogP contribution >= 0.6 is 12.4 Å². The van der Waals surface area contributed by atoms with Crippen LogP contribution in [0.25, 0.3) is 0 Å². The average molecular weight is 230 g/mol. The molecule has 0 aromatic carbocycles. The summed E-state index contributed by atoms with van der Waals surface area (Å²) in [6.45, 7) is 0. The summed E-state index contributed by atoms with van der Waals surface area (Å²) >= 11 is 0. The molecule has 78 valence electrons. The lowest BCUT2D eigenvalue weighted by molar-refractivity contribution is -0.144. The van der Waals surface area contributed by atoms with Gasteiger partial charge in [-0.3, -0.25) is 4.79 Å². The zero-order valence-corrected chi connectivity index (χ0v) is 8.73. The van der Waals surface area contributed by atoms with Crippen LogP contribution in [0.2, 0.25) is 0 Å². The lowest BCUT2D eigenvalue weighted by atomic mass is 10.1. The molecule has 7 heteroatoms. The van der Waals surface area contributed by atoms with Crippen molar-refractivity contribution in [2.24, 2.45) is 11.7 Å². The van der Waals surface area contributed by atoms with Crippen molar-refractivity contribution in [1.82, 2.24) is 0 Å². The molecule has 1 fully saturated rings. The van der Waals surface area contributed by atoms with Crippen molar-refractivity contribution >= 4 is 28.2 Å². The standard InChI is InChI=1S/C6H11NO4S.ClH/c1-11-6(8)4-2-12(9,10)3-5(4)7;/h4-5H,2-3,7H2,1H3;1H/t4-,5-;/m1./s1. The molecule has 0 bridgehead atoms. The second-order valence-electron chi connectivity index (χ2n) is 2.87. The van der Waals surface area contributed by atoms with E-state index in [1.54, 1.807) is 0 Å². The third kappa shape index (κ3) is 2.82. The highest BCUT2D eigenvalue weighted by Crippen LogP contribution is 2.18. The molecule has 0 amide bonds. The topological polar surface area (TPSA) is 86.5 Å². The number of carbonyl (C=O) groups excluding carboxylic acids is 1. The molecular formula is C6H12ClNO4S. The van der Waals surface area contributed by atoms with E-state index in [0.717, 1.165) is 0 Å². The lowest BCUT2D eigenvalue weighted by Gasteiger charge is -2.09. The highest BCUT2D eigenvalue weighted by atomic mass is 35.5. The van der Waals surface area contributed by atoms with Crippen LogP contribution in [-0.4, -0.2) is 39.0 Å². The molecule has 0 aromatic rings. The summed E-state index contributed by atoms with van der Waals surface area (Å²) in [5.74, 6) is -1.52. The first-order valence-electron chi connectivity index (χ1n) is 3.50. The van der Waals surface area contributed by atoms with Crippen LogP contribution in [0, 0.1) is 5.92 Å². The van der Waals surface area contributed by atoms with Gasteiger partial charge in [-0.05, 0) is 0 Å². The summed E-state index contributed by atoms with van der Waals surface area (Å²) in [6, 6.07) is -0.609. The molecule has 13 heavy (non-hydrogen) atoms. The number of ether oxygens (including phenoxy) is 1. The van der Waals surface area contributed by atoms with E-state index in [0.29, 0.717) is 0 Å². The van der Waals surface area contributed by atoms with Crippen molar-refractivity contribution < 1.29 is 17.9 Å². The van der Waals surface area contributed by atoms with Crippen LogP contribution in [0.5, 0.6) is 0 Å². The van der Waals surface area contributed by atoms with Crippen LogP contribution in [0.1, 0.15) is 0 Å². The molecule has 0 unspecified atom stereocenters. The van der Waals surface area contributed by atoms with E-state index in [-0.39, 0.29) is 23.9 Å². The van der Waals surface area contributed by atoms with Crippen LogP contribution < -0.4 is 5.73 Å². The summed E-state index contributed by atoms with van der Waals surface area (Å²) < 4.78 is 26.4. The predicted octanol–water partition coefficient (Wildman–Crippen LogP) is -1.05. The largest absolute Gasteiger partial charge is 0.469 e. The first kappa shape index (κ1) is 12.7. The Kier molecular flexibility index (Phi) is 4.15. The van der Waals surface area contributed by atoms with Crippen LogP contribution in [0.3, 0.4) is 0 Å². The Bertz CT molecular complexity index is 289. The van der Waals surface area contributed by atoms with E-state index in [9.17, 15) is 13.2 Å². The molecule has 5 nitrogen and oxygen atoms in total. The molecular weight excluding hydrogens is 218 g/mol. The maximum absolute atomic E-state index is 11.0. The summed E-state index contributed by atoms with van der Waals surface area (Å²) in [7, 11) is -1.90. The highest BCUT2D eigenvalue weighted by molar-refractivity contribution is 7.91. The van der Waals surface area contributed by atoms with E-state index in [4.69, 9.17) is 5.73 Å². The molecule has 0 spiro atoms. The summed E-state index contributed by atoms with van der Waals surface area (Å²) in [6.07, 6.45) is 0. The van der Waals surface area contributed by atoms with Gasteiger partial charge in [-0.25, -0.2) is 8.42 Å². The number of hydrogen-bond donors (Lipinski definition) is 1. The van der Waals surface area contributed by atoms with E-state index in [1.165, 1.54) is 7.11 Å². The van der Waals surface area contributed by atoms with E-state index in [2.05, 4.69) is 4.74 Å². The third-order valence-corrected chi connectivity index (χ3v) is 3.66. The number of methoxy groups -OCH3 is 1. The predicted molar refractivity (Wildman–Crippen MR) is 49.4 cm³/mol. The van der Waals surface area contributed by atoms with Gasteiger partial charge in [-0.15, -0.1) is 12.4 Å². The zero-order chi connectivity index (χ0) is 9.35. The fraction of sp³-hybridized carbons (Fsp3) is 0.833. The van der Waals surface area contributed by atoms with Gasteiger partial charge < -0.3 is 10.5 Å². The van der Waals surface area contributed by atoms with Gasteiger partial charge in [0, 0.05) is 6.04 Å². The van der Waals surface area contributed by atoms with Gasteiger partial charge in [0.15, 0.2) is 9.84 Å². The van der Waals surface area contributed by atoms with Crippen molar-refractivity contribution in [3.05, 3.63) is 0 Å². The SMILES string of the molecule is COC(=O)[C@@H]1CS(=O)(=O)C[C@H]1N.Cl. The fourth-order valence-electron chi connectivity index (χ4n) is 1.27. The fourth-order valence-corrected chi connectivity index (χ4v) is 3.15. The first-order valence-corrected chi connectivity index (χ1v) is 5.32. The van der Waals surface area contributed by atoms with Crippen LogP contribution in [0.4, 0.5) is 0 Å². The molecule has 1 aliphatic rings. The van der Waals surface area contributed by atoms with Gasteiger partial charge in [-0.1, -0.05) is 0 Å². The first-order chi connectivity index (χ1) is 5.46. The number of sulfone groups is 1. The Balaban J connectivity index is 0.00000144. The van der Waals surface area contributed by atoms with Gasteiger partial charge in [-0.2, -0.15) is 0 Å². The third-order valence-electron chi connectivity index (χ3n) is 1.90. The minimum atomic E-state index is -3.13. The van der Waals surface area contributed by atoms with Crippen molar-refractivity contribution in [3.8, 4) is 0 Å². The van der Waals surface area contributed by atoms with E-state index in [1.807, 2.05) is 0 Å². The number of esters is 1. The van der Waals surface area contributed by atoms with Crippen LogP contribution in [0.15, 0.2) is 0 Å². The van der Waals surface area contributed by atoms with E-state index < -0.39 is 27.8 Å². The lowest BCUT2D eigenvalue weighted by Crippen LogP contribution is -2.34. The second-order valence-corrected chi connectivity index (χ2v) is 5.02. The zero-order valence-electron chi connectivity index (χ0n) is 7.10. The van der Waals surface area contributed by atoms with Crippen LogP contribution in [-0.2, 0) is 19.4 Å². The Hall–Kier alpha value is -0.330. The molecule has 0 aliphatic carbocycles. The molecule has 1 heterocycles. The van der Waals surface area contributed by atoms with E-state index >= 15 is 0 Å². The molecule has 0 saturated carbocycles. The molecule has 1 aliphatic heterocycles. The van der Waals surface area contributed by atoms with Gasteiger partial charge in [0.05, 0.1) is 24.5 Å². The molecule has 1 saturated heterocycles. The minimum Gasteiger partial charge on any atom is -0.469 e. The number of nitrogens with two attached hydrogens (primary N) is 1. The molecule has 0 aromatic heterocycles. The van der Waals surface area contributed by atoms with Crippen molar-refractivity contribution in [2.75, 3.05) is 18.6 Å². The average Bonchev–Trinajstić information content (AvgIpc) is 2.23. The Morgan fingerprint density at radius 2 is 2.00 bits per heavy atom. The maximum Gasteiger partial charge on any atom is 0.311 e.